The molecule has 1 aliphatic rings. The molecule has 7 heteroatoms. The zero-order valence-electron chi connectivity index (χ0n) is 20.0. The van der Waals surface area contributed by atoms with Gasteiger partial charge in [-0.15, -0.1) is 0 Å². The van der Waals surface area contributed by atoms with Crippen LogP contribution in [0.15, 0.2) is 60.7 Å². The van der Waals surface area contributed by atoms with Crippen LogP contribution in [-0.2, 0) is 16.0 Å². The Kier molecular flexibility index (Phi) is 7.61. The van der Waals surface area contributed by atoms with Crippen molar-refractivity contribution in [2.24, 2.45) is 0 Å². The van der Waals surface area contributed by atoms with E-state index in [1.165, 1.54) is 0 Å². The summed E-state index contributed by atoms with van der Waals surface area (Å²) in [7, 11) is 0. The highest BCUT2D eigenvalue weighted by molar-refractivity contribution is 6.30. The van der Waals surface area contributed by atoms with E-state index in [0.717, 1.165) is 16.7 Å². The number of halogens is 1. The minimum atomic E-state index is -0.410. The first-order valence-electron chi connectivity index (χ1n) is 11.7. The Balaban J connectivity index is 1.84. The van der Waals surface area contributed by atoms with Crippen molar-refractivity contribution in [1.29, 1.82) is 0 Å². The summed E-state index contributed by atoms with van der Waals surface area (Å²) in [5, 5.41) is 0.614. The van der Waals surface area contributed by atoms with E-state index in [-0.39, 0.29) is 12.3 Å². The maximum atomic E-state index is 13.5. The first kappa shape index (κ1) is 24.6. The smallest absolute Gasteiger partial charge is 0.338 e. The van der Waals surface area contributed by atoms with Gasteiger partial charge in [0.25, 0.3) is 0 Å². The van der Waals surface area contributed by atoms with E-state index < -0.39 is 12.0 Å². The van der Waals surface area contributed by atoms with Gasteiger partial charge in [0.1, 0.15) is 0 Å². The molecule has 0 saturated heterocycles. The van der Waals surface area contributed by atoms with Gasteiger partial charge in [-0.3, -0.25) is 4.79 Å². The number of anilines is 1. The summed E-state index contributed by atoms with van der Waals surface area (Å²) in [5.41, 5.74) is 3.86. The highest BCUT2D eigenvalue weighted by atomic mass is 35.5. The van der Waals surface area contributed by atoms with Crippen LogP contribution in [0.3, 0.4) is 0 Å². The molecule has 1 unspecified atom stereocenters. The largest absolute Gasteiger partial charge is 0.490 e. The highest BCUT2D eigenvalue weighted by Gasteiger charge is 2.36. The van der Waals surface area contributed by atoms with Crippen molar-refractivity contribution in [3.8, 4) is 11.5 Å². The van der Waals surface area contributed by atoms with E-state index in [2.05, 4.69) is 0 Å². The van der Waals surface area contributed by atoms with Crippen LogP contribution in [0.25, 0.3) is 0 Å². The fourth-order valence-corrected chi connectivity index (χ4v) is 4.46. The lowest BCUT2D eigenvalue weighted by Gasteiger charge is -2.38. The molecule has 0 N–H and O–H groups in total. The van der Waals surface area contributed by atoms with E-state index in [0.29, 0.717) is 47.6 Å². The van der Waals surface area contributed by atoms with Crippen LogP contribution in [0.2, 0.25) is 5.02 Å². The molecule has 3 aromatic carbocycles. The van der Waals surface area contributed by atoms with Gasteiger partial charge in [0, 0.05) is 10.7 Å². The number of benzene rings is 3. The number of amides is 1. The topological polar surface area (TPSA) is 65.1 Å². The van der Waals surface area contributed by atoms with Crippen LogP contribution in [0.5, 0.6) is 11.5 Å². The van der Waals surface area contributed by atoms with Crippen molar-refractivity contribution in [3.63, 3.8) is 0 Å². The molecule has 1 amide bonds. The highest BCUT2D eigenvalue weighted by Crippen LogP contribution is 2.43. The first-order valence-corrected chi connectivity index (χ1v) is 12.1. The third-order valence-electron chi connectivity index (χ3n) is 5.81. The van der Waals surface area contributed by atoms with Crippen molar-refractivity contribution < 1.29 is 23.8 Å². The SMILES string of the molecule is CCOC(=O)c1ccc(N2C(=O)Cc3cc(OCC)c(OCC)cc3C2c2ccc(Cl)cc2)cc1. The van der Waals surface area contributed by atoms with Crippen LogP contribution in [0.4, 0.5) is 5.69 Å². The van der Waals surface area contributed by atoms with Gasteiger partial charge in [0.05, 0.1) is 37.8 Å². The van der Waals surface area contributed by atoms with Gasteiger partial charge < -0.3 is 19.1 Å². The van der Waals surface area contributed by atoms with Crippen molar-refractivity contribution in [3.05, 3.63) is 87.9 Å². The molecule has 0 radical (unpaired) electrons. The number of ether oxygens (including phenoxy) is 3. The average Bonchev–Trinajstić information content (AvgIpc) is 2.85. The monoisotopic (exact) mass is 493 g/mol. The van der Waals surface area contributed by atoms with Gasteiger partial charge in [-0.2, -0.15) is 0 Å². The van der Waals surface area contributed by atoms with E-state index in [4.69, 9.17) is 25.8 Å². The van der Waals surface area contributed by atoms with E-state index >= 15 is 0 Å². The van der Waals surface area contributed by atoms with Gasteiger partial charge in [0.2, 0.25) is 5.91 Å². The lowest BCUT2D eigenvalue weighted by atomic mass is 9.86. The maximum Gasteiger partial charge on any atom is 0.338 e. The molecule has 0 bridgehead atoms. The fraction of sp³-hybridized carbons (Fsp3) is 0.286. The zero-order chi connectivity index (χ0) is 24.9. The molecule has 0 fully saturated rings. The fourth-order valence-electron chi connectivity index (χ4n) is 4.33. The molecule has 1 aliphatic heterocycles. The Hall–Kier alpha value is -3.51. The van der Waals surface area contributed by atoms with Gasteiger partial charge in [-0.1, -0.05) is 23.7 Å². The van der Waals surface area contributed by atoms with Crippen molar-refractivity contribution in [2.75, 3.05) is 24.7 Å². The van der Waals surface area contributed by atoms with Crippen LogP contribution in [0.1, 0.15) is 53.9 Å². The van der Waals surface area contributed by atoms with Crippen molar-refractivity contribution in [2.45, 2.75) is 33.2 Å². The molecule has 35 heavy (non-hydrogen) atoms. The van der Waals surface area contributed by atoms with Crippen molar-refractivity contribution in [1.82, 2.24) is 0 Å². The third-order valence-corrected chi connectivity index (χ3v) is 6.06. The number of carbonyl (C=O) groups is 2. The minimum Gasteiger partial charge on any atom is -0.490 e. The minimum absolute atomic E-state index is 0.0621. The molecule has 3 aromatic rings. The second-order valence-corrected chi connectivity index (χ2v) is 8.46. The van der Waals surface area contributed by atoms with Gasteiger partial charge >= 0.3 is 5.97 Å². The first-order chi connectivity index (χ1) is 17.0. The van der Waals surface area contributed by atoms with Crippen LogP contribution >= 0.6 is 11.6 Å². The molecule has 4 rings (SSSR count). The van der Waals surface area contributed by atoms with E-state index in [1.54, 1.807) is 36.1 Å². The third kappa shape index (κ3) is 5.13. The lowest BCUT2D eigenvalue weighted by molar-refractivity contribution is -0.118. The van der Waals surface area contributed by atoms with Gasteiger partial charge in [-0.25, -0.2) is 4.79 Å². The summed E-state index contributed by atoms with van der Waals surface area (Å²) in [4.78, 5) is 27.4. The lowest BCUT2D eigenvalue weighted by Crippen LogP contribution is -2.41. The quantitative estimate of drug-likeness (QED) is 0.360. The predicted molar refractivity (Wildman–Crippen MR) is 136 cm³/mol. The van der Waals surface area contributed by atoms with Crippen LogP contribution in [-0.4, -0.2) is 31.7 Å². The van der Waals surface area contributed by atoms with E-state index in [1.807, 2.05) is 50.2 Å². The second-order valence-electron chi connectivity index (χ2n) is 8.03. The number of hydrogen-bond donors (Lipinski definition) is 0. The molecule has 6 nitrogen and oxygen atoms in total. The molecule has 182 valence electrons. The summed E-state index contributed by atoms with van der Waals surface area (Å²) in [6, 6.07) is 17.8. The molecule has 1 atom stereocenters. The molecule has 1 heterocycles. The van der Waals surface area contributed by atoms with E-state index in [9.17, 15) is 9.59 Å². The summed E-state index contributed by atoms with van der Waals surface area (Å²) < 4.78 is 16.8. The number of hydrogen-bond acceptors (Lipinski definition) is 5. The Morgan fingerprint density at radius 3 is 2.14 bits per heavy atom. The van der Waals surface area contributed by atoms with Crippen LogP contribution in [0, 0.1) is 0 Å². The molecule has 0 aliphatic carbocycles. The molecular formula is C28H28ClNO5. The summed E-state index contributed by atoms with van der Waals surface area (Å²) in [6.45, 7) is 6.88. The normalized spacial score (nSPS) is 14.9. The van der Waals surface area contributed by atoms with Gasteiger partial charge in [-0.05, 0) is 86.0 Å². The summed E-state index contributed by atoms with van der Waals surface area (Å²) >= 11 is 6.17. The number of nitrogens with zero attached hydrogens (tertiary/aromatic N) is 1. The Bertz CT molecular complexity index is 1210. The predicted octanol–water partition coefficient (Wildman–Crippen LogP) is 5.99. The van der Waals surface area contributed by atoms with Gasteiger partial charge in [0.15, 0.2) is 11.5 Å². The summed E-state index contributed by atoms with van der Waals surface area (Å²) in [6.07, 6.45) is 0.214. The number of esters is 1. The molecule has 0 saturated carbocycles. The molecular weight excluding hydrogens is 466 g/mol. The standard InChI is InChI=1S/C28H28ClNO5/c1-4-33-24-15-20-16-26(31)30(22-13-9-19(10-14-22)28(32)35-6-3)27(18-7-11-21(29)12-8-18)23(20)17-25(24)34-5-2/h7-15,17,27H,4-6,16H2,1-3H3. The van der Waals surface area contributed by atoms with Crippen LogP contribution < -0.4 is 14.4 Å². The number of fused-ring (bicyclic) bond motifs is 1. The summed E-state index contributed by atoms with van der Waals surface area (Å²) in [5.74, 6) is 0.809. The zero-order valence-corrected chi connectivity index (χ0v) is 20.8. The average molecular weight is 494 g/mol. The van der Waals surface area contributed by atoms with Crippen molar-refractivity contribution >= 4 is 29.2 Å². The Morgan fingerprint density at radius 2 is 1.54 bits per heavy atom. The number of carbonyl (C=O) groups excluding carboxylic acids is 2. The Morgan fingerprint density at radius 1 is 0.914 bits per heavy atom. The maximum absolute atomic E-state index is 13.5. The molecule has 0 aromatic heterocycles. The Labute approximate surface area is 210 Å². The molecule has 0 spiro atoms. The second kappa shape index (κ2) is 10.8. The number of rotatable bonds is 8.